The number of rotatable bonds is 8. The number of nitrogens with zero attached hydrogens (tertiary/aromatic N) is 2. The van der Waals surface area contributed by atoms with Crippen molar-refractivity contribution < 1.29 is 4.74 Å². The Morgan fingerprint density at radius 1 is 1.29 bits per heavy atom. The molecule has 0 saturated carbocycles. The molecular weight excluding hydrogens is 350 g/mol. The van der Waals surface area contributed by atoms with Crippen LogP contribution < -0.4 is 5.32 Å². The van der Waals surface area contributed by atoms with Gasteiger partial charge < -0.3 is 10.1 Å². The molecule has 0 unspecified atom stereocenters. The maximum Gasteiger partial charge on any atom is 0.148 e. The monoisotopic (exact) mass is 369 g/mol. The van der Waals surface area contributed by atoms with Gasteiger partial charge in [0.05, 0.1) is 6.61 Å². The third-order valence-electron chi connectivity index (χ3n) is 3.11. The normalized spacial score (nSPS) is 11.0. The second kappa shape index (κ2) is 8.58. The largest absolute Gasteiger partial charge is 0.383 e. The van der Waals surface area contributed by atoms with Crippen molar-refractivity contribution in [3.63, 3.8) is 0 Å². The quantitative estimate of drug-likeness (QED) is 0.723. The number of aryl methyl sites for hydroxylation is 2. The van der Waals surface area contributed by atoms with Gasteiger partial charge in [0.2, 0.25) is 0 Å². The summed E-state index contributed by atoms with van der Waals surface area (Å²) in [7, 11) is 1.72. The SMILES string of the molecule is COCCNCCCc1nnc(-c2ccc(Br)cc2C)s1. The van der Waals surface area contributed by atoms with Crippen molar-refractivity contribution in [2.75, 3.05) is 26.8 Å². The zero-order valence-electron chi connectivity index (χ0n) is 12.4. The predicted octanol–water partition coefficient (Wildman–Crippen LogP) is 3.44. The van der Waals surface area contributed by atoms with Crippen molar-refractivity contribution in [3.8, 4) is 10.6 Å². The van der Waals surface area contributed by atoms with Crippen LogP contribution in [0.5, 0.6) is 0 Å². The van der Waals surface area contributed by atoms with Gasteiger partial charge in [-0.1, -0.05) is 33.3 Å². The minimum absolute atomic E-state index is 0.756. The predicted molar refractivity (Wildman–Crippen MR) is 90.8 cm³/mol. The lowest BCUT2D eigenvalue weighted by Gasteiger charge is -2.02. The summed E-state index contributed by atoms with van der Waals surface area (Å²) in [6.45, 7) is 4.73. The lowest BCUT2D eigenvalue weighted by molar-refractivity contribution is 0.199. The molecule has 0 spiro atoms. The summed E-state index contributed by atoms with van der Waals surface area (Å²) in [5, 5.41) is 14.0. The molecule has 0 radical (unpaired) electrons. The Hall–Kier alpha value is -0.820. The van der Waals surface area contributed by atoms with E-state index in [4.69, 9.17) is 4.74 Å². The van der Waals surface area contributed by atoms with E-state index < -0.39 is 0 Å². The van der Waals surface area contributed by atoms with Crippen molar-refractivity contribution >= 4 is 27.3 Å². The van der Waals surface area contributed by atoms with Crippen LogP contribution in [0, 0.1) is 6.92 Å². The molecular formula is C15H20BrN3OS. The summed E-state index contributed by atoms with van der Waals surface area (Å²) in [6, 6.07) is 6.25. The molecule has 21 heavy (non-hydrogen) atoms. The lowest BCUT2D eigenvalue weighted by atomic mass is 10.1. The van der Waals surface area contributed by atoms with Crippen LogP contribution in [0.25, 0.3) is 10.6 Å². The molecule has 2 rings (SSSR count). The van der Waals surface area contributed by atoms with Gasteiger partial charge in [-0.15, -0.1) is 10.2 Å². The molecule has 0 atom stereocenters. The molecule has 0 saturated heterocycles. The number of nitrogens with one attached hydrogen (secondary N) is 1. The first-order chi connectivity index (χ1) is 10.2. The molecule has 1 heterocycles. The lowest BCUT2D eigenvalue weighted by Crippen LogP contribution is -2.20. The summed E-state index contributed by atoms with van der Waals surface area (Å²) < 4.78 is 6.09. The Morgan fingerprint density at radius 3 is 2.90 bits per heavy atom. The van der Waals surface area contributed by atoms with Crippen LogP contribution in [-0.4, -0.2) is 37.0 Å². The second-order valence-electron chi connectivity index (χ2n) is 4.81. The summed E-state index contributed by atoms with van der Waals surface area (Å²) in [5.74, 6) is 0. The molecule has 0 bridgehead atoms. The molecule has 6 heteroatoms. The Kier molecular flexibility index (Phi) is 6.76. The van der Waals surface area contributed by atoms with Gasteiger partial charge in [-0.3, -0.25) is 0 Å². The minimum atomic E-state index is 0.756. The van der Waals surface area contributed by atoms with Gasteiger partial charge in [-0.2, -0.15) is 0 Å². The summed E-state index contributed by atoms with van der Waals surface area (Å²) in [4.78, 5) is 0. The third-order valence-corrected chi connectivity index (χ3v) is 4.62. The average molecular weight is 370 g/mol. The minimum Gasteiger partial charge on any atom is -0.383 e. The van der Waals surface area contributed by atoms with Crippen molar-refractivity contribution in [3.05, 3.63) is 33.2 Å². The van der Waals surface area contributed by atoms with Gasteiger partial charge in [-0.25, -0.2) is 0 Å². The van der Waals surface area contributed by atoms with Gasteiger partial charge in [-0.05, 0) is 37.6 Å². The highest BCUT2D eigenvalue weighted by Gasteiger charge is 2.09. The fourth-order valence-electron chi connectivity index (χ4n) is 1.99. The van der Waals surface area contributed by atoms with E-state index in [1.165, 1.54) is 11.1 Å². The first kappa shape index (κ1) is 16.5. The van der Waals surface area contributed by atoms with Crippen LogP contribution in [0.2, 0.25) is 0 Å². The maximum atomic E-state index is 4.99. The first-order valence-corrected chi connectivity index (χ1v) is 8.60. The smallest absolute Gasteiger partial charge is 0.148 e. The first-order valence-electron chi connectivity index (χ1n) is 6.99. The molecule has 0 aliphatic heterocycles. The zero-order chi connectivity index (χ0) is 15.1. The van der Waals surface area contributed by atoms with Crippen molar-refractivity contribution in [2.45, 2.75) is 19.8 Å². The highest BCUT2D eigenvalue weighted by atomic mass is 79.9. The number of aromatic nitrogens is 2. The molecule has 0 amide bonds. The zero-order valence-corrected chi connectivity index (χ0v) is 14.8. The van der Waals surface area contributed by atoms with Crippen molar-refractivity contribution in [2.24, 2.45) is 0 Å². The molecule has 114 valence electrons. The van der Waals surface area contributed by atoms with Gasteiger partial charge in [0.25, 0.3) is 0 Å². The average Bonchev–Trinajstić information content (AvgIpc) is 2.91. The Labute approximate surface area is 138 Å². The number of hydrogen-bond donors (Lipinski definition) is 1. The maximum absolute atomic E-state index is 4.99. The Balaban J connectivity index is 1.86. The van der Waals surface area contributed by atoms with Gasteiger partial charge in [0.15, 0.2) is 0 Å². The standard InChI is InChI=1S/C15H20BrN3OS/c1-11-10-12(16)5-6-13(11)15-19-18-14(21-15)4-3-7-17-8-9-20-2/h5-6,10,17H,3-4,7-9H2,1-2H3. The fraction of sp³-hybridized carbons (Fsp3) is 0.467. The topological polar surface area (TPSA) is 47.0 Å². The summed E-state index contributed by atoms with van der Waals surface area (Å²) >= 11 is 5.17. The molecule has 0 fully saturated rings. The molecule has 1 aromatic heterocycles. The van der Waals surface area contributed by atoms with E-state index in [9.17, 15) is 0 Å². The number of benzene rings is 1. The van der Waals surface area contributed by atoms with Crippen LogP contribution in [0.4, 0.5) is 0 Å². The van der Waals surface area contributed by atoms with Crippen molar-refractivity contribution in [1.82, 2.24) is 15.5 Å². The van der Waals surface area contributed by atoms with E-state index >= 15 is 0 Å². The second-order valence-corrected chi connectivity index (χ2v) is 6.78. The highest BCUT2D eigenvalue weighted by molar-refractivity contribution is 9.10. The molecule has 1 N–H and O–H groups in total. The summed E-state index contributed by atoms with van der Waals surface area (Å²) in [6.07, 6.45) is 2.03. The summed E-state index contributed by atoms with van der Waals surface area (Å²) in [5.41, 5.74) is 2.38. The van der Waals surface area contributed by atoms with E-state index in [-0.39, 0.29) is 0 Å². The number of methoxy groups -OCH3 is 1. The van der Waals surface area contributed by atoms with E-state index in [1.54, 1.807) is 18.4 Å². The molecule has 4 nitrogen and oxygen atoms in total. The van der Waals surface area contributed by atoms with Gasteiger partial charge in [0, 0.05) is 30.1 Å². The van der Waals surface area contributed by atoms with Crippen LogP contribution in [0.15, 0.2) is 22.7 Å². The fourth-order valence-corrected chi connectivity index (χ4v) is 3.44. The van der Waals surface area contributed by atoms with E-state index in [1.807, 2.05) is 6.07 Å². The van der Waals surface area contributed by atoms with Crippen LogP contribution in [0.1, 0.15) is 17.0 Å². The van der Waals surface area contributed by atoms with Crippen LogP contribution >= 0.6 is 27.3 Å². The molecule has 2 aromatic rings. The number of ether oxygens (including phenoxy) is 1. The van der Waals surface area contributed by atoms with E-state index in [0.29, 0.717) is 0 Å². The number of hydrogen-bond acceptors (Lipinski definition) is 5. The molecule has 1 aromatic carbocycles. The molecule has 0 aliphatic carbocycles. The van der Waals surface area contributed by atoms with E-state index in [2.05, 4.69) is 50.5 Å². The third kappa shape index (κ3) is 5.14. The van der Waals surface area contributed by atoms with Gasteiger partial charge >= 0.3 is 0 Å². The van der Waals surface area contributed by atoms with Crippen molar-refractivity contribution in [1.29, 1.82) is 0 Å². The highest BCUT2D eigenvalue weighted by Crippen LogP contribution is 2.28. The van der Waals surface area contributed by atoms with Crippen LogP contribution in [0.3, 0.4) is 0 Å². The van der Waals surface area contributed by atoms with Gasteiger partial charge in [0.1, 0.15) is 10.0 Å². The number of halogens is 1. The van der Waals surface area contributed by atoms with Crippen LogP contribution in [-0.2, 0) is 11.2 Å². The molecule has 0 aliphatic rings. The van der Waals surface area contributed by atoms with E-state index in [0.717, 1.165) is 47.0 Å². The Bertz CT molecular complexity index is 574. The Morgan fingerprint density at radius 2 is 2.14 bits per heavy atom.